The molecular weight excluding hydrogens is 322 g/mol. The molecule has 0 radical (unpaired) electrons. The van der Waals surface area contributed by atoms with Gasteiger partial charge < -0.3 is 10.5 Å². The molecule has 4 heteroatoms. The van der Waals surface area contributed by atoms with Gasteiger partial charge in [0.05, 0.1) is 0 Å². The van der Waals surface area contributed by atoms with Gasteiger partial charge >= 0.3 is 0 Å². The molecule has 1 aromatic carbocycles. The Morgan fingerprint density at radius 1 is 1.26 bits per heavy atom. The molecule has 2 N–H and O–H groups in total. The molecule has 3 rings (SSSR count). The van der Waals surface area contributed by atoms with Gasteiger partial charge in [0, 0.05) is 37.8 Å². The molecule has 0 saturated carbocycles. The van der Waals surface area contributed by atoms with E-state index in [0.29, 0.717) is 0 Å². The van der Waals surface area contributed by atoms with E-state index in [4.69, 9.17) is 10.5 Å². The molecule has 1 aromatic heterocycles. The average Bonchev–Trinajstić information content (AvgIpc) is 2.69. The van der Waals surface area contributed by atoms with Gasteiger partial charge in [0.2, 0.25) is 0 Å². The minimum atomic E-state index is 0.0332. The van der Waals surface area contributed by atoms with Gasteiger partial charge in [-0.3, -0.25) is 0 Å². The minimum Gasteiger partial charge on any atom is -0.485 e. The molecule has 19 heavy (non-hydrogen) atoms. The van der Waals surface area contributed by atoms with Crippen molar-refractivity contribution in [2.45, 2.75) is 32.4 Å². The van der Waals surface area contributed by atoms with E-state index < -0.39 is 0 Å². The lowest BCUT2D eigenvalue weighted by Gasteiger charge is -2.30. The summed E-state index contributed by atoms with van der Waals surface area (Å²) in [6.07, 6.45) is 0.911. The van der Waals surface area contributed by atoms with Crippen LogP contribution in [-0.4, -0.2) is 0 Å². The molecule has 100 valence electrons. The fourth-order valence-corrected chi connectivity index (χ4v) is 3.99. The maximum atomic E-state index is 6.30. The fourth-order valence-electron chi connectivity index (χ4n) is 2.64. The maximum absolute atomic E-state index is 6.30. The first-order valence-electron chi connectivity index (χ1n) is 6.33. The molecule has 2 nitrogen and oxygen atoms in total. The van der Waals surface area contributed by atoms with Crippen LogP contribution in [-0.2, 0) is 0 Å². The van der Waals surface area contributed by atoms with Crippen molar-refractivity contribution >= 4 is 27.3 Å². The molecule has 0 amide bonds. The van der Waals surface area contributed by atoms with Crippen LogP contribution in [0.25, 0.3) is 0 Å². The van der Waals surface area contributed by atoms with E-state index in [-0.39, 0.29) is 12.1 Å². The molecule has 2 aromatic rings. The van der Waals surface area contributed by atoms with E-state index in [0.717, 1.165) is 22.2 Å². The van der Waals surface area contributed by atoms with E-state index in [9.17, 15) is 0 Å². The lowest BCUT2D eigenvalue weighted by molar-refractivity contribution is 0.161. The van der Waals surface area contributed by atoms with E-state index in [1.54, 1.807) is 0 Å². The number of fused-ring (bicyclic) bond motifs is 1. The van der Waals surface area contributed by atoms with Gasteiger partial charge in [-0.25, -0.2) is 0 Å². The van der Waals surface area contributed by atoms with Crippen LogP contribution in [0, 0.1) is 13.8 Å². The molecular formula is C15H16BrNOS. The first-order valence-corrected chi connectivity index (χ1v) is 7.94. The summed E-state index contributed by atoms with van der Waals surface area (Å²) in [6, 6.07) is 8.31. The van der Waals surface area contributed by atoms with Crippen LogP contribution in [0.3, 0.4) is 0 Å². The highest BCUT2D eigenvalue weighted by atomic mass is 79.9. The molecule has 0 fully saturated rings. The summed E-state index contributed by atoms with van der Waals surface area (Å²) in [5.74, 6) is 0.912. The summed E-state index contributed by atoms with van der Waals surface area (Å²) in [6.45, 7) is 4.29. The number of rotatable bonds is 1. The number of benzene rings is 1. The van der Waals surface area contributed by atoms with Gasteiger partial charge in [-0.05, 0) is 38.1 Å². The monoisotopic (exact) mass is 337 g/mol. The Labute approximate surface area is 125 Å². The van der Waals surface area contributed by atoms with Crippen molar-refractivity contribution in [3.8, 4) is 5.75 Å². The zero-order valence-electron chi connectivity index (χ0n) is 10.9. The summed E-state index contributed by atoms with van der Waals surface area (Å²) in [5.41, 5.74) is 8.68. The Morgan fingerprint density at radius 3 is 2.74 bits per heavy atom. The molecule has 1 aliphatic rings. The average molecular weight is 338 g/mol. The minimum absolute atomic E-state index is 0.0332. The Morgan fingerprint density at radius 2 is 2.05 bits per heavy atom. The van der Waals surface area contributed by atoms with Gasteiger partial charge in [-0.15, -0.1) is 11.3 Å². The normalized spacial score (nSPS) is 21.9. The van der Waals surface area contributed by atoms with Gasteiger partial charge in [0.25, 0.3) is 0 Å². The highest BCUT2D eigenvalue weighted by molar-refractivity contribution is 9.10. The molecule has 0 saturated heterocycles. The summed E-state index contributed by atoms with van der Waals surface area (Å²) in [4.78, 5) is 2.65. The van der Waals surface area contributed by atoms with Crippen LogP contribution < -0.4 is 10.5 Å². The third-order valence-electron chi connectivity index (χ3n) is 3.53. The van der Waals surface area contributed by atoms with Crippen LogP contribution in [0.4, 0.5) is 0 Å². The molecule has 0 bridgehead atoms. The van der Waals surface area contributed by atoms with Crippen LogP contribution in [0.1, 0.15) is 39.4 Å². The number of hydrogen-bond donors (Lipinski definition) is 1. The summed E-state index contributed by atoms with van der Waals surface area (Å²) in [5, 5.41) is 0. The van der Waals surface area contributed by atoms with Crippen molar-refractivity contribution in [1.29, 1.82) is 0 Å². The van der Waals surface area contributed by atoms with Crippen LogP contribution in [0.5, 0.6) is 5.75 Å². The summed E-state index contributed by atoms with van der Waals surface area (Å²) >= 11 is 5.30. The molecule has 1 aliphatic heterocycles. The van der Waals surface area contributed by atoms with Crippen LogP contribution in [0.2, 0.25) is 0 Å². The molecule has 2 atom stereocenters. The maximum Gasteiger partial charge on any atom is 0.127 e. The molecule has 2 heterocycles. The van der Waals surface area contributed by atoms with E-state index >= 15 is 0 Å². The largest absolute Gasteiger partial charge is 0.485 e. The Hall–Kier alpha value is -0.840. The third kappa shape index (κ3) is 2.45. The Kier molecular flexibility index (Phi) is 3.41. The molecule has 0 aliphatic carbocycles. The Balaban J connectivity index is 1.97. The van der Waals surface area contributed by atoms with Crippen molar-refractivity contribution < 1.29 is 4.74 Å². The number of nitrogens with two attached hydrogens (primary N) is 1. The number of thiophene rings is 1. The smallest absolute Gasteiger partial charge is 0.127 e. The zero-order chi connectivity index (χ0) is 13.6. The van der Waals surface area contributed by atoms with E-state index in [1.807, 2.05) is 23.5 Å². The van der Waals surface area contributed by atoms with Crippen molar-refractivity contribution in [2.24, 2.45) is 5.73 Å². The van der Waals surface area contributed by atoms with E-state index in [2.05, 4.69) is 41.9 Å². The van der Waals surface area contributed by atoms with E-state index in [1.165, 1.54) is 15.3 Å². The summed E-state index contributed by atoms with van der Waals surface area (Å²) < 4.78 is 7.19. The Bertz CT molecular complexity index is 623. The summed E-state index contributed by atoms with van der Waals surface area (Å²) in [7, 11) is 0. The number of halogens is 1. The van der Waals surface area contributed by atoms with Gasteiger partial charge in [-0.1, -0.05) is 15.9 Å². The SMILES string of the molecule is Cc1cc(C2CC(N)c3cc(Br)ccc3O2)c(C)s1. The predicted molar refractivity (Wildman–Crippen MR) is 82.8 cm³/mol. The lowest BCUT2D eigenvalue weighted by atomic mass is 9.94. The van der Waals surface area contributed by atoms with Crippen molar-refractivity contribution in [1.82, 2.24) is 0 Å². The van der Waals surface area contributed by atoms with Crippen LogP contribution in [0.15, 0.2) is 28.7 Å². The number of hydrogen-bond acceptors (Lipinski definition) is 3. The van der Waals surface area contributed by atoms with Crippen LogP contribution >= 0.6 is 27.3 Å². The van der Waals surface area contributed by atoms with Crippen molar-refractivity contribution in [3.63, 3.8) is 0 Å². The van der Waals surface area contributed by atoms with Gasteiger partial charge in [0.1, 0.15) is 11.9 Å². The second kappa shape index (κ2) is 4.93. The fraction of sp³-hybridized carbons (Fsp3) is 0.333. The molecule has 2 unspecified atom stereocenters. The van der Waals surface area contributed by atoms with Crippen molar-refractivity contribution in [2.75, 3.05) is 0 Å². The first-order chi connectivity index (χ1) is 9.04. The highest BCUT2D eigenvalue weighted by Crippen LogP contribution is 2.42. The second-order valence-corrected chi connectivity index (χ2v) is 7.38. The lowest BCUT2D eigenvalue weighted by Crippen LogP contribution is -2.24. The van der Waals surface area contributed by atoms with Gasteiger partial charge in [-0.2, -0.15) is 0 Å². The van der Waals surface area contributed by atoms with Crippen molar-refractivity contribution in [3.05, 3.63) is 49.6 Å². The third-order valence-corrected chi connectivity index (χ3v) is 5.01. The zero-order valence-corrected chi connectivity index (χ0v) is 13.3. The topological polar surface area (TPSA) is 35.2 Å². The first kappa shape index (κ1) is 13.2. The predicted octanol–water partition coefficient (Wildman–Crippen LogP) is 4.65. The number of aryl methyl sites for hydroxylation is 2. The standard InChI is InChI=1S/C15H16BrNOS/c1-8-5-11(9(2)19-8)15-7-13(17)12-6-10(16)3-4-14(12)18-15/h3-6,13,15H,7,17H2,1-2H3. The quantitative estimate of drug-likeness (QED) is 0.821. The van der Waals surface area contributed by atoms with Gasteiger partial charge in [0.15, 0.2) is 0 Å². The molecule has 0 spiro atoms. The highest BCUT2D eigenvalue weighted by Gasteiger charge is 2.28. The second-order valence-electron chi connectivity index (χ2n) is 5.00. The number of ether oxygens (including phenoxy) is 1.